The van der Waals surface area contributed by atoms with Gasteiger partial charge in [-0.1, -0.05) is 182 Å². The van der Waals surface area contributed by atoms with Gasteiger partial charge in [0.2, 0.25) is 0 Å². The number of aryl methyl sites for hydroxylation is 6. The van der Waals surface area contributed by atoms with Crippen LogP contribution in [0.15, 0.2) is 291 Å². The van der Waals surface area contributed by atoms with Crippen LogP contribution in [0.4, 0.5) is 51.2 Å². The molecule has 0 aliphatic rings. The number of aromatic nitrogens is 3. The van der Waals surface area contributed by atoms with Crippen LogP contribution in [0.3, 0.4) is 0 Å². The van der Waals surface area contributed by atoms with Crippen molar-refractivity contribution in [1.82, 2.24) is 13.7 Å². The number of anilines is 9. The van der Waals surface area contributed by atoms with E-state index in [1.807, 2.05) is 0 Å². The Bertz CT molecular complexity index is 4850. The minimum absolute atomic E-state index is 1.01. The van der Waals surface area contributed by atoms with Gasteiger partial charge in [0, 0.05) is 49.4 Å². The Morgan fingerprint density at radius 2 is 0.433 bits per heavy atom. The number of fused-ring (bicyclic) bond motifs is 9. The fraction of sp³-hybridized carbons (Fsp3) is 0.0714. The topological polar surface area (TPSA) is 24.5 Å². The Hall–Kier alpha value is -11.3. The molecule has 0 radical (unpaired) electrons. The SMILES string of the molecule is Cc1cccc(C)c1N(c1cc(N(c2c(C)cccc2C)c2cccc3c2c2ccccc2n3-c2ccccc2)cc(N(c2c(C)cccc2C)c2cccc3c2c2ccccc2n3-c2ccccc2)c1)c1cccc2c1c1ccccc1n2-c1ccccc1. The molecule has 6 nitrogen and oxygen atoms in total. The van der Waals surface area contributed by atoms with Gasteiger partial charge in [-0.2, -0.15) is 0 Å². The first-order valence-electron chi connectivity index (χ1n) is 31.2. The largest absolute Gasteiger partial charge is 0.309 e. The first kappa shape index (κ1) is 54.1. The number of rotatable bonds is 12. The maximum atomic E-state index is 2.58. The highest BCUT2D eigenvalue weighted by Crippen LogP contribution is 2.54. The third-order valence-electron chi connectivity index (χ3n) is 18.4. The van der Waals surface area contributed by atoms with Gasteiger partial charge in [0.1, 0.15) is 0 Å². The second-order valence-electron chi connectivity index (χ2n) is 24.0. The summed E-state index contributed by atoms with van der Waals surface area (Å²) in [6.07, 6.45) is 0. The molecule has 0 bridgehead atoms. The lowest BCUT2D eigenvalue weighted by Crippen LogP contribution is -2.19. The average Bonchev–Trinajstić information content (AvgIpc) is 1.55. The molecule has 3 aromatic heterocycles. The van der Waals surface area contributed by atoms with Crippen LogP contribution in [0.1, 0.15) is 33.4 Å². The van der Waals surface area contributed by atoms with Crippen LogP contribution in [0.5, 0.6) is 0 Å². The van der Waals surface area contributed by atoms with Crippen molar-refractivity contribution in [1.29, 1.82) is 0 Å². The van der Waals surface area contributed by atoms with E-state index in [4.69, 9.17) is 0 Å². The molecule has 0 amide bonds. The van der Waals surface area contributed by atoms with Gasteiger partial charge in [-0.25, -0.2) is 0 Å². The van der Waals surface area contributed by atoms with Crippen LogP contribution in [0.2, 0.25) is 0 Å². The molecule has 16 rings (SSSR count). The van der Waals surface area contributed by atoms with E-state index in [1.165, 1.54) is 65.7 Å². The third kappa shape index (κ3) is 8.62. The van der Waals surface area contributed by atoms with E-state index in [0.717, 1.165) is 101 Å². The summed E-state index contributed by atoms with van der Waals surface area (Å²) in [6.45, 7) is 13.6. The lowest BCUT2D eigenvalue weighted by Gasteiger charge is -2.36. The van der Waals surface area contributed by atoms with Crippen molar-refractivity contribution in [2.45, 2.75) is 41.5 Å². The molecule has 0 spiro atoms. The molecule has 0 saturated heterocycles. The Labute approximate surface area is 525 Å². The van der Waals surface area contributed by atoms with Gasteiger partial charge in [-0.05, 0) is 184 Å². The molecule has 90 heavy (non-hydrogen) atoms. The minimum atomic E-state index is 1.01. The lowest BCUT2D eigenvalue weighted by atomic mass is 10.00. The van der Waals surface area contributed by atoms with Gasteiger partial charge < -0.3 is 28.4 Å². The lowest BCUT2D eigenvalue weighted by molar-refractivity contribution is 1.17. The molecule has 0 aliphatic heterocycles. The zero-order valence-electron chi connectivity index (χ0n) is 51.4. The molecule has 13 aromatic carbocycles. The van der Waals surface area contributed by atoms with Gasteiger partial charge >= 0.3 is 0 Å². The van der Waals surface area contributed by atoms with E-state index in [1.54, 1.807) is 0 Å². The molecule has 432 valence electrons. The Morgan fingerprint density at radius 1 is 0.211 bits per heavy atom. The summed E-state index contributed by atoms with van der Waals surface area (Å²) in [5.41, 5.74) is 26.8. The number of hydrogen-bond acceptors (Lipinski definition) is 3. The fourth-order valence-electron chi connectivity index (χ4n) is 14.7. The first-order chi connectivity index (χ1) is 44.2. The minimum Gasteiger partial charge on any atom is -0.309 e. The highest BCUT2D eigenvalue weighted by molar-refractivity contribution is 6.20. The molecule has 0 N–H and O–H groups in total. The summed E-state index contributed by atoms with van der Waals surface area (Å²) in [5, 5.41) is 7.04. The predicted molar refractivity (Wildman–Crippen MR) is 382 cm³/mol. The quantitative estimate of drug-likeness (QED) is 0.122. The highest BCUT2D eigenvalue weighted by atomic mass is 15.2. The van der Waals surface area contributed by atoms with Crippen molar-refractivity contribution in [3.05, 3.63) is 325 Å². The fourth-order valence-corrected chi connectivity index (χ4v) is 14.7. The van der Waals surface area contributed by atoms with Crippen LogP contribution >= 0.6 is 0 Å². The second kappa shape index (κ2) is 21.8. The monoisotopic (exact) mass is 1160 g/mol. The van der Waals surface area contributed by atoms with E-state index in [9.17, 15) is 0 Å². The van der Waals surface area contributed by atoms with Crippen LogP contribution in [0, 0.1) is 41.5 Å². The Kier molecular flexibility index (Phi) is 13.1. The van der Waals surface area contributed by atoms with E-state index in [-0.39, 0.29) is 0 Å². The molecular formula is C84H66N6. The van der Waals surface area contributed by atoms with Crippen molar-refractivity contribution >= 4 is 117 Å². The summed E-state index contributed by atoms with van der Waals surface area (Å²) >= 11 is 0. The number of nitrogens with zero attached hydrogens (tertiary/aromatic N) is 6. The Morgan fingerprint density at radius 3 is 0.700 bits per heavy atom. The predicted octanol–water partition coefficient (Wildman–Crippen LogP) is 23.2. The second-order valence-corrected chi connectivity index (χ2v) is 24.0. The van der Waals surface area contributed by atoms with Gasteiger partial charge in [0.05, 0.1) is 84.3 Å². The first-order valence-corrected chi connectivity index (χ1v) is 31.2. The summed E-state index contributed by atoms with van der Waals surface area (Å²) < 4.78 is 7.30. The van der Waals surface area contributed by atoms with Crippen molar-refractivity contribution in [3.8, 4) is 17.1 Å². The number of para-hydroxylation sites is 9. The normalized spacial score (nSPS) is 11.7. The molecule has 3 heterocycles. The van der Waals surface area contributed by atoms with E-state index >= 15 is 0 Å². The third-order valence-corrected chi connectivity index (χ3v) is 18.4. The molecule has 6 heteroatoms. The molecule has 0 fully saturated rings. The van der Waals surface area contributed by atoms with E-state index in [2.05, 4.69) is 361 Å². The zero-order chi connectivity index (χ0) is 60.7. The van der Waals surface area contributed by atoms with Crippen LogP contribution in [0.25, 0.3) is 82.5 Å². The van der Waals surface area contributed by atoms with Gasteiger partial charge in [0.25, 0.3) is 0 Å². The highest BCUT2D eigenvalue weighted by Gasteiger charge is 2.31. The standard InChI is InChI=1S/C84H66N6/c1-55-28-22-29-56(2)82(55)88(76-49-25-46-73-79(76)67-40-16-19-43-70(67)85(73)61-34-10-7-11-35-61)64-52-65(89(83-57(3)30-23-31-58(83)4)77-50-26-47-74-80(77)68-41-17-20-44-71(68)86(74)62-36-12-8-13-37-62)54-66(53-64)90(84-59(5)32-24-33-60(84)6)78-51-27-48-75-81(78)69-42-18-21-45-72(69)87(75)63-38-14-9-15-39-63/h7-54H,1-6H3. The molecular weight excluding hydrogens is 1090 g/mol. The summed E-state index contributed by atoms with van der Waals surface area (Å²) in [6, 6.07) is 107. The molecule has 0 atom stereocenters. The van der Waals surface area contributed by atoms with Crippen LogP contribution < -0.4 is 14.7 Å². The summed E-state index contributed by atoms with van der Waals surface area (Å²) in [4.78, 5) is 7.74. The van der Waals surface area contributed by atoms with E-state index in [0.29, 0.717) is 0 Å². The van der Waals surface area contributed by atoms with Crippen molar-refractivity contribution < 1.29 is 0 Å². The van der Waals surface area contributed by atoms with Crippen molar-refractivity contribution in [3.63, 3.8) is 0 Å². The van der Waals surface area contributed by atoms with Crippen molar-refractivity contribution in [2.24, 2.45) is 0 Å². The maximum Gasteiger partial charge on any atom is 0.0562 e. The molecule has 0 unspecified atom stereocenters. The van der Waals surface area contributed by atoms with Gasteiger partial charge in [0.15, 0.2) is 0 Å². The van der Waals surface area contributed by atoms with Crippen molar-refractivity contribution in [2.75, 3.05) is 14.7 Å². The summed E-state index contributed by atoms with van der Waals surface area (Å²) in [7, 11) is 0. The smallest absolute Gasteiger partial charge is 0.0562 e. The summed E-state index contributed by atoms with van der Waals surface area (Å²) in [5.74, 6) is 0. The maximum absolute atomic E-state index is 2.58. The zero-order valence-corrected chi connectivity index (χ0v) is 51.4. The Balaban J connectivity index is 1.08. The van der Waals surface area contributed by atoms with Gasteiger partial charge in [-0.3, -0.25) is 0 Å². The van der Waals surface area contributed by atoms with Crippen LogP contribution in [-0.2, 0) is 0 Å². The molecule has 0 aliphatic carbocycles. The van der Waals surface area contributed by atoms with Crippen LogP contribution in [-0.4, -0.2) is 13.7 Å². The van der Waals surface area contributed by atoms with Gasteiger partial charge in [-0.15, -0.1) is 0 Å². The molecule has 0 saturated carbocycles. The number of benzene rings is 13. The average molecular weight is 1160 g/mol. The molecule has 16 aromatic rings. The number of hydrogen-bond donors (Lipinski definition) is 0. The van der Waals surface area contributed by atoms with E-state index < -0.39 is 0 Å².